The quantitative estimate of drug-likeness (QED) is 0.882. The van der Waals surface area contributed by atoms with Crippen molar-refractivity contribution >= 4 is 27.5 Å². The predicted molar refractivity (Wildman–Crippen MR) is 73.6 cm³/mol. The Morgan fingerprint density at radius 1 is 1.58 bits per heavy atom. The number of hydrogen-bond donors (Lipinski definition) is 1. The average molecular weight is 281 g/mol. The van der Waals surface area contributed by atoms with Crippen molar-refractivity contribution in [1.82, 2.24) is 14.5 Å². The van der Waals surface area contributed by atoms with Crippen LogP contribution in [-0.2, 0) is 7.05 Å². The van der Waals surface area contributed by atoms with E-state index in [0.717, 1.165) is 0 Å². The smallest absolute Gasteiger partial charge is 0.264 e. The van der Waals surface area contributed by atoms with Crippen LogP contribution in [0.1, 0.15) is 15.2 Å². The molecule has 0 spiro atoms. The highest BCUT2D eigenvalue weighted by molar-refractivity contribution is 7.20. The van der Waals surface area contributed by atoms with Crippen molar-refractivity contribution in [1.29, 1.82) is 0 Å². The summed E-state index contributed by atoms with van der Waals surface area (Å²) < 4.78 is 1.40. The Kier molecular flexibility index (Phi) is 3.68. The maximum Gasteiger partial charge on any atom is 0.264 e. The van der Waals surface area contributed by atoms with Crippen LogP contribution >= 0.6 is 11.3 Å². The Bertz CT molecular complexity index is 689. The van der Waals surface area contributed by atoms with Crippen molar-refractivity contribution in [2.75, 3.05) is 20.2 Å². The third kappa shape index (κ3) is 2.26. The second kappa shape index (κ2) is 5.10. The number of likely N-dealkylation sites (N-methyl/N-ethyl adjacent to an activating group) is 1. The van der Waals surface area contributed by atoms with Gasteiger partial charge in [-0.3, -0.25) is 9.59 Å². The molecule has 2 aromatic heterocycles. The van der Waals surface area contributed by atoms with Gasteiger partial charge in [0.15, 0.2) is 0 Å². The van der Waals surface area contributed by atoms with Gasteiger partial charge in [-0.25, -0.2) is 4.98 Å². The van der Waals surface area contributed by atoms with Crippen LogP contribution in [0, 0.1) is 6.92 Å². The van der Waals surface area contributed by atoms with Gasteiger partial charge in [-0.1, -0.05) is 0 Å². The summed E-state index contributed by atoms with van der Waals surface area (Å²) >= 11 is 1.21. The lowest BCUT2D eigenvalue weighted by atomic mass is 10.2. The van der Waals surface area contributed by atoms with Crippen LogP contribution in [-0.4, -0.2) is 45.7 Å². The minimum absolute atomic E-state index is 0.0911. The molecule has 0 atom stereocenters. The third-order valence-corrected chi connectivity index (χ3v) is 4.17. The van der Waals surface area contributed by atoms with E-state index < -0.39 is 0 Å². The van der Waals surface area contributed by atoms with Crippen molar-refractivity contribution in [3.05, 3.63) is 27.1 Å². The maximum atomic E-state index is 12.2. The number of aryl methyl sites for hydroxylation is 2. The van der Waals surface area contributed by atoms with E-state index in [4.69, 9.17) is 5.11 Å². The molecule has 0 saturated heterocycles. The molecule has 0 aromatic carbocycles. The van der Waals surface area contributed by atoms with E-state index in [2.05, 4.69) is 4.98 Å². The molecule has 19 heavy (non-hydrogen) atoms. The van der Waals surface area contributed by atoms with Crippen LogP contribution in [0.25, 0.3) is 10.2 Å². The summed E-state index contributed by atoms with van der Waals surface area (Å²) in [5, 5.41) is 9.36. The number of carbonyl (C=O) groups is 1. The van der Waals surface area contributed by atoms with Crippen LogP contribution in [0.3, 0.4) is 0 Å². The Hall–Kier alpha value is -1.73. The summed E-state index contributed by atoms with van der Waals surface area (Å²) in [7, 11) is 3.25. The van der Waals surface area contributed by atoms with E-state index in [1.54, 1.807) is 21.0 Å². The lowest BCUT2D eigenvalue weighted by Gasteiger charge is -2.14. The minimum atomic E-state index is -0.198. The van der Waals surface area contributed by atoms with E-state index in [1.165, 1.54) is 27.1 Å². The van der Waals surface area contributed by atoms with Crippen LogP contribution in [0.4, 0.5) is 0 Å². The number of carbonyl (C=O) groups excluding carboxylic acids is 1. The fourth-order valence-corrected chi connectivity index (χ4v) is 2.97. The maximum absolute atomic E-state index is 12.2. The highest BCUT2D eigenvalue weighted by Crippen LogP contribution is 2.27. The van der Waals surface area contributed by atoms with E-state index >= 15 is 0 Å². The molecule has 2 rings (SSSR count). The van der Waals surface area contributed by atoms with Crippen molar-refractivity contribution < 1.29 is 9.90 Å². The van der Waals surface area contributed by atoms with Crippen LogP contribution in [0.5, 0.6) is 0 Å². The third-order valence-electron chi connectivity index (χ3n) is 2.99. The first kappa shape index (κ1) is 13.7. The number of nitrogens with zero attached hydrogens (tertiary/aromatic N) is 3. The monoisotopic (exact) mass is 281 g/mol. The van der Waals surface area contributed by atoms with Gasteiger partial charge in [0.25, 0.3) is 11.5 Å². The van der Waals surface area contributed by atoms with Gasteiger partial charge in [0.05, 0.1) is 23.2 Å². The van der Waals surface area contributed by atoms with E-state index in [-0.39, 0.29) is 24.6 Å². The molecule has 0 aliphatic carbocycles. The Morgan fingerprint density at radius 3 is 2.89 bits per heavy atom. The SMILES string of the molecule is Cc1c(C(=O)N(C)CCO)sc2ncn(C)c(=O)c12. The van der Waals surface area contributed by atoms with Crippen LogP contribution < -0.4 is 5.56 Å². The van der Waals surface area contributed by atoms with Gasteiger partial charge in [0.1, 0.15) is 4.83 Å². The highest BCUT2D eigenvalue weighted by atomic mass is 32.1. The predicted octanol–water partition coefficient (Wildman–Crippen LogP) is 0.368. The molecule has 2 heterocycles. The Morgan fingerprint density at radius 2 is 2.26 bits per heavy atom. The number of amides is 1. The standard InChI is InChI=1S/C12H15N3O3S/c1-7-8-10(13-6-15(3)11(8)17)19-9(7)12(18)14(2)4-5-16/h6,16H,4-5H2,1-3H3. The molecule has 0 radical (unpaired) electrons. The fraction of sp³-hybridized carbons (Fsp3) is 0.417. The largest absolute Gasteiger partial charge is 0.395 e. The summed E-state index contributed by atoms with van der Waals surface area (Å²) in [6.45, 7) is 1.92. The molecule has 0 fully saturated rings. The molecule has 102 valence electrons. The molecule has 2 aromatic rings. The van der Waals surface area contributed by atoms with Gasteiger partial charge in [0.2, 0.25) is 0 Å². The molecular formula is C12H15N3O3S. The highest BCUT2D eigenvalue weighted by Gasteiger charge is 2.21. The number of fused-ring (bicyclic) bond motifs is 1. The molecule has 0 unspecified atom stereocenters. The summed E-state index contributed by atoms with van der Waals surface area (Å²) in [6.07, 6.45) is 1.45. The molecule has 0 saturated carbocycles. The molecule has 1 N–H and O–H groups in total. The Labute approximate surface area is 113 Å². The minimum Gasteiger partial charge on any atom is -0.395 e. The first-order valence-electron chi connectivity index (χ1n) is 5.78. The zero-order valence-corrected chi connectivity index (χ0v) is 11.8. The van der Waals surface area contributed by atoms with E-state index in [0.29, 0.717) is 20.7 Å². The normalized spacial score (nSPS) is 10.9. The average Bonchev–Trinajstić information content (AvgIpc) is 2.71. The van der Waals surface area contributed by atoms with Crippen molar-refractivity contribution in [2.24, 2.45) is 7.05 Å². The summed E-state index contributed by atoms with van der Waals surface area (Å²) in [5.41, 5.74) is 0.506. The van der Waals surface area contributed by atoms with Crippen LogP contribution in [0.15, 0.2) is 11.1 Å². The molecule has 0 aliphatic rings. The molecule has 0 aliphatic heterocycles. The second-order valence-corrected chi connectivity index (χ2v) is 5.35. The molecular weight excluding hydrogens is 266 g/mol. The van der Waals surface area contributed by atoms with E-state index in [9.17, 15) is 9.59 Å². The second-order valence-electron chi connectivity index (χ2n) is 4.35. The number of aromatic nitrogens is 2. The summed E-state index contributed by atoms with van der Waals surface area (Å²) in [6, 6.07) is 0. The van der Waals surface area contributed by atoms with Crippen molar-refractivity contribution in [3.8, 4) is 0 Å². The first-order valence-corrected chi connectivity index (χ1v) is 6.60. The number of aliphatic hydroxyl groups is 1. The van der Waals surface area contributed by atoms with Crippen molar-refractivity contribution in [2.45, 2.75) is 6.92 Å². The van der Waals surface area contributed by atoms with Gasteiger partial charge in [-0.2, -0.15) is 0 Å². The molecule has 7 heteroatoms. The topological polar surface area (TPSA) is 75.4 Å². The zero-order chi connectivity index (χ0) is 14.2. The summed E-state index contributed by atoms with van der Waals surface area (Å²) in [4.78, 5) is 30.9. The lowest BCUT2D eigenvalue weighted by Crippen LogP contribution is -2.29. The Balaban J connectivity index is 2.58. The zero-order valence-electron chi connectivity index (χ0n) is 11.0. The van der Waals surface area contributed by atoms with Crippen molar-refractivity contribution in [3.63, 3.8) is 0 Å². The summed E-state index contributed by atoms with van der Waals surface area (Å²) in [5.74, 6) is -0.198. The van der Waals surface area contributed by atoms with Gasteiger partial charge in [-0.15, -0.1) is 11.3 Å². The van der Waals surface area contributed by atoms with E-state index in [1.807, 2.05) is 0 Å². The fourth-order valence-electron chi connectivity index (χ4n) is 1.84. The van der Waals surface area contributed by atoms with Gasteiger partial charge in [-0.05, 0) is 12.5 Å². The van der Waals surface area contributed by atoms with Gasteiger partial charge in [0, 0.05) is 20.6 Å². The number of rotatable bonds is 3. The number of hydrogen-bond acceptors (Lipinski definition) is 5. The van der Waals surface area contributed by atoms with Gasteiger partial charge < -0.3 is 14.6 Å². The molecule has 0 bridgehead atoms. The molecule has 1 amide bonds. The molecule has 6 nitrogen and oxygen atoms in total. The number of thiophene rings is 1. The van der Waals surface area contributed by atoms with Gasteiger partial charge >= 0.3 is 0 Å². The lowest BCUT2D eigenvalue weighted by molar-refractivity contribution is 0.0771. The number of aliphatic hydroxyl groups excluding tert-OH is 1. The first-order chi connectivity index (χ1) is 8.97. The van der Waals surface area contributed by atoms with Crippen LogP contribution in [0.2, 0.25) is 0 Å².